The van der Waals surface area contributed by atoms with Crippen LogP contribution in [0, 0.1) is 17.8 Å². The molecule has 1 atom stereocenters. The lowest BCUT2D eigenvalue weighted by atomic mass is 9.49. The maximum atomic E-state index is 6.07. The van der Waals surface area contributed by atoms with Crippen molar-refractivity contribution in [2.75, 3.05) is 0 Å². The Balaban J connectivity index is 1.70. The van der Waals surface area contributed by atoms with Crippen LogP contribution in [0.2, 0.25) is 0 Å². The molecular weight excluding hydrogens is 246 g/mol. The average Bonchev–Trinajstić information content (AvgIpc) is 2.76. The van der Waals surface area contributed by atoms with Gasteiger partial charge in [-0.2, -0.15) is 0 Å². The largest absolute Gasteiger partial charge is 0.444 e. The fourth-order valence-electron chi connectivity index (χ4n) is 5.13. The third-order valence-electron chi connectivity index (χ3n) is 5.42. The summed E-state index contributed by atoms with van der Waals surface area (Å²) in [5, 5.41) is -0.118. The van der Waals surface area contributed by atoms with Crippen molar-refractivity contribution < 1.29 is 4.42 Å². The first kappa shape index (κ1) is 11.3. The quantitative estimate of drug-likeness (QED) is 0.739. The van der Waals surface area contributed by atoms with Gasteiger partial charge in [-0.05, 0) is 63.2 Å². The molecule has 4 bridgehead atoms. The van der Waals surface area contributed by atoms with Crippen molar-refractivity contribution in [2.24, 2.45) is 17.8 Å². The molecular formula is C15H20ClNO. The van der Waals surface area contributed by atoms with E-state index in [1.54, 1.807) is 0 Å². The fraction of sp³-hybridized carbons (Fsp3) is 0.800. The number of hydrogen-bond donors (Lipinski definition) is 0. The minimum absolute atomic E-state index is 0.118. The molecule has 1 heterocycles. The molecule has 4 aliphatic carbocycles. The molecule has 2 nitrogen and oxygen atoms in total. The minimum atomic E-state index is -0.118. The summed E-state index contributed by atoms with van der Waals surface area (Å²) in [6.07, 6.45) is 10.3. The van der Waals surface area contributed by atoms with E-state index >= 15 is 0 Å². The van der Waals surface area contributed by atoms with Gasteiger partial charge in [0.25, 0.3) is 0 Å². The summed E-state index contributed by atoms with van der Waals surface area (Å²) in [6, 6.07) is 0. The summed E-state index contributed by atoms with van der Waals surface area (Å²) in [5.41, 5.74) is 0.311. The standard InChI is InChI=1S/C15H20ClNO/c1-9(16)14-17-8-13(18-14)15-5-10-2-11(6-15)4-12(3-10)7-15/h8-12H,2-7H2,1H3. The van der Waals surface area contributed by atoms with Gasteiger partial charge in [0, 0.05) is 5.41 Å². The third kappa shape index (κ3) is 1.57. The summed E-state index contributed by atoms with van der Waals surface area (Å²) in [4.78, 5) is 4.37. The number of hydrogen-bond acceptors (Lipinski definition) is 2. The molecule has 0 aromatic carbocycles. The Hall–Kier alpha value is -0.500. The molecule has 0 amide bonds. The fourth-order valence-corrected chi connectivity index (χ4v) is 5.23. The summed E-state index contributed by atoms with van der Waals surface area (Å²) in [7, 11) is 0. The molecule has 3 heteroatoms. The second kappa shape index (κ2) is 3.75. The van der Waals surface area contributed by atoms with Crippen molar-refractivity contribution in [3.05, 3.63) is 17.8 Å². The van der Waals surface area contributed by atoms with E-state index in [0.29, 0.717) is 11.3 Å². The van der Waals surface area contributed by atoms with Gasteiger partial charge >= 0.3 is 0 Å². The molecule has 98 valence electrons. The lowest BCUT2D eigenvalue weighted by Crippen LogP contribution is -2.48. The normalized spacial score (nSPS) is 43.3. The van der Waals surface area contributed by atoms with Gasteiger partial charge in [-0.3, -0.25) is 0 Å². The van der Waals surface area contributed by atoms with Gasteiger partial charge in [-0.15, -0.1) is 11.6 Å². The van der Waals surface area contributed by atoms with Crippen molar-refractivity contribution in [3.8, 4) is 0 Å². The predicted molar refractivity (Wildman–Crippen MR) is 70.6 cm³/mol. The second-order valence-electron chi connectivity index (χ2n) is 6.88. The topological polar surface area (TPSA) is 26.0 Å². The minimum Gasteiger partial charge on any atom is -0.444 e. The maximum Gasteiger partial charge on any atom is 0.212 e. The first-order valence-corrected chi connectivity index (χ1v) is 7.68. The Morgan fingerprint density at radius 1 is 1.22 bits per heavy atom. The van der Waals surface area contributed by atoms with E-state index in [0.717, 1.165) is 23.5 Å². The average molecular weight is 266 g/mol. The molecule has 1 aromatic heterocycles. The van der Waals surface area contributed by atoms with Crippen molar-refractivity contribution in [1.82, 2.24) is 4.98 Å². The Morgan fingerprint density at radius 2 is 1.78 bits per heavy atom. The zero-order valence-corrected chi connectivity index (χ0v) is 11.6. The third-order valence-corrected chi connectivity index (χ3v) is 5.61. The van der Waals surface area contributed by atoms with Crippen LogP contribution in [0.5, 0.6) is 0 Å². The number of rotatable bonds is 2. The van der Waals surface area contributed by atoms with E-state index < -0.39 is 0 Å². The smallest absolute Gasteiger partial charge is 0.212 e. The van der Waals surface area contributed by atoms with Crippen molar-refractivity contribution in [3.63, 3.8) is 0 Å². The highest BCUT2D eigenvalue weighted by Gasteiger charge is 2.53. The molecule has 18 heavy (non-hydrogen) atoms. The number of halogens is 1. The van der Waals surface area contributed by atoms with Gasteiger partial charge in [0.1, 0.15) is 11.1 Å². The van der Waals surface area contributed by atoms with Gasteiger partial charge in [-0.1, -0.05) is 0 Å². The number of oxazole rings is 1. The molecule has 4 fully saturated rings. The Labute approximate surface area is 113 Å². The zero-order chi connectivity index (χ0) is 12.3. The second-order valence-corrected chi connectivity index (χ2v) is 7.53. The van der Waals surface area contributed by atoms with E-state index in [1.165, 1.54) is 38.5 Å². The van der Waals surface area contributed by atoms with Crippen LogP contribution in [0.4, 0.5) is 0 Å². The Kier molecular flexibility index (Phi) is 2.36. The van der Waals surface area contributed by atoms with Crippen molar-refractivity contribution in [1.29, 1.82) is 0 Å². The van der Waals surface area contributed by atoms with Crippen LogP contribution in [0.3, 0.4) is 0 Å². The van der Waals surface area contributed by atoms with Crippen LogP contribution in [0.1, 0.15) is 62.5 Å². The highest BCUT2D eigenvalue weighted by molar-refractivity contribution is 6.20. The highest BCUT2D eigenvalue weighted by atomic mass is 35.5. The summed E-state index contributed by atoms with van der Waals surface area (Å²) < 4.78 is 5.99. The van der Waals surface area contributed by atoms with E-state index in [-0.39, 0.29) is 5.38 Å². The monoisotopic (exact) mass is 265 g/mol. The number of aromatic nitrogens is 1. The zero-order valence-electron chi connectivity index (χ0n) is 10.9. The van der Waals surface area contributed by atoms with Gasteiger partial charge in [-0.25, -0.2) is 4.98 Å². The molecule has 1 aromatic rings. The van der Waals surface area contributed by atoms with Gasteiger partial charge < -0.3 is 4.42 Å². The first-order chi connectivity index (χ1) is 8.64. The van der Waals surface area contributed by atoms with Crippen LogP contribution in [0.25, 0.3) is 0 Å². The summed E-state index contributed by atoms with van der Waals surface area (Å²) >= 11 is 6.07. The van der Waals surface area contributed by atoms with Crippen LogP contribution < -0.4 is 0 Å². The lowest BCUT2D eigenvalue weighted by Gasteiger charge is -2.55. The summed E-state index contributed by atoms with van der Waals surface area (Å²) in [6.45, 7) is 1.93. The van der Waals surface area contributed by atoms with E-state index in [9.17, 15) is 0 Å². The molecule has 0 saturated heterocycles. The highest BCUT2D eigenvalue weighted by Crippen LogP contribution is 2.60. The van der Waals surface area contributed by atoms with Crippen LogP contribution >= 0.6 is 11.6 Å². The predicted octanol–water partition coefficient (Wildman–Crippen LogP) is 4.44. The maximum absolute atomic E-state index is 6.07. The number of alkyl halides is 1. The van der Waals surface area contributed by atoms with Gasteiger partial charge in [0.05, 0.1) is 6.20 Å². The molecule has 0 aliphatic heterocycles. The van der Waals surface area contributed by atoms with E-state index in [4.69, 9.17) is 16.0 Å². The molecule has 0 spiro atoms. The van der Waals surface area contributed by atoms with E-state index in [1.807, 2.05) is 13.1 Å². The summed E-state index contributed by atoms with van der Waals surface area (Å²) in [5.74, 6) is 4.65. The van der Waals surface area contributed by atoms with E-state index in [2.05, 4.69) is 4.98 Å². The number of nitrogens with zero attached hydrogens (tertiary/aromatic N) is 1. The Morgan fingerprint density at radius 3 is 2.22 bits per heavy atom. The molecule has 5 rings (SSSR count). The molecule has 1 unspecified atom stereocenters. The first-order valence-electron chi connectivity index (χ1n) is 7.25. The van der Waals surface area contributed by atoms with Crippen LogP contribution in [0.15, 0.2) is 10.6 Å². The SMILES string of the molecule is CC(Cl)c1ncc(C23CC4CC(CC(C4)C2)C3)o1. The Bertz CT molecular complexity index is 430. The van der Waals surface area contributed by atoms with Crippen molar-refractivity contribution >= 4 is 11.6 Å². The lowest BCUT2D eigenvalue weighted by molar-refractivity contribution is -0.0156. The van der Waals surface area contributed by atoms with Gasteiger partial charge in [0.2, 0.25) is 5.89 Å². The molecule has 0 radical (unpaired) electrons. The molecule has 0 N–H and O–H groups in total. The van der Waals surface area contributed by atoms with Crippen LogP contribution in [-0.2, 0) is 5.41 Å². The van der Waals surface area contributed by atoms with Crippen LogP contribution in [-0.4, -0.2) is 4.98 Å². The van der Waals surface area contributed by atoms with Crippen molar-refractivity contribution in [2.45, 2.75) is 56.2 Å². The molecule has 4 aliphatic rings. The molecule has 4 saturated carbocycles. The van der Waals surface area contributed by atoms with Gasteiger partial charge in [0.15, 0.2) is 0 Å².